The van der Waals surface area contributed by atoms with Crippen LogP contribution >= 0.6 is 0 Å². The van der Waals surface area contributed by atoms with Gasteiger partial charge in [0.05, 0.1) is 0 Å². The molecule has 0 saturated carbocycles. The molecule has 2 N–H and O–H groups in total. The second-order valence-electron chi connectivity index (χ2n) is 4.15. The normalized spacial score (nSPS) is 12.5. The average Bonchev–Trinajstić information content (AvgIpc) is 2.87. The van der Waals surface area contributed by atoms with Crippen LogP contribution in [0.5, 0.6) is 17.2 Å². The smallest absolute Gasteiger partial charge is 0.231 e. The number of fused-ring (bicyclic) bond motifs is 1. The number of nitrogens with two attached hydrogens (primary N) is 1. The van der Waals surface area contributed by atoms with Gasteiger partial charge in [-0.15, -0.1) is 0 Å². The van der Waals surface area contributed by atoms with Crippen molar-refractivity contribution in [2.75, 3.05) is 12.5 Å². The Morgan fingerprint density at radius 2 is 1.95 bits per heavy atom. The quantitative estimate of drug-likeness (QED) is 0.863. The summed E-state index contributed by atoms with van der Waals surface area (Å²) in [5.41, 5.74) is 6.86. The first-order valence-corrected chi connectivity index (χ1v) is 5.79. The third-order valence-electron chi connectivity index (χ3n) is 2.84. The van der Waals surface area contributed by atoms with E-state index >= 15 is 0 Å². The number of nitrogen functional groups attached to an aromatic ring is 1. The highest BCUT2D eigenvalue weighted by Gasteiger charge is 2.13. The van der Waals surface area contributed by atoms with Crippen LogP contribution in [0.1, 0.15) is 5.56 Å². The Morgan fingerprint density at radius 1 is 1.11 bits per heavy atom. The van der Waals surface area contributed by atoms with Crippen LogP contribution in [0, 0.1) is 5.82 Å². The highest BCUT2D eigenvalue weighted by molar-refractivity contribution is 5.48. The van der Waals surface area contributed by atoms with Gasteiger partial charge in [-0.25, -0.2) is 4.39 Å². The van der Waals surface area contributed by atoms with E-state index in [0.29, 0.717) is 28.5 Å². The predicted octanol–water partition coefficient (Wildman–Crippen LogP) is 2.72. The molecule has 0 fully saturated rings. The zero-order chi connectivity index (χ0) is 13.2. The molecule has 0 saturated heterocycles. The molecule has 1 aliphatic heterocycles. The lowest BCUT2D eigenvalue weighted by atomic mass is 10.2. The number of hydrogen-bond donors (Lipinski definition) is 1. The van der Waals surface area contributed by atoms with Gasteiger partial charge in [-0.05, 0) is 30.3 Å². The largest absolute Gasteiger partial charge is 0.489 e. The van der Waals surface area contributed by atoms with Crippen molar-refractivity contribution in [1.82, 2.24) is 0 Å². The zero-order valence-electron chi connectivity index (χ0n) is 10.1. The van der Waals surface area contributed by atoms with E-state index in [1.807, 2.05) is 0 Å². The third-order valence-corrected chi connectivity index (χ3v) is 2.84. The fourth-order valence-corrected chi connectivity index (χ4v) is 1.83. The Balaban J connectivity index is 1.74. The van der Waals surface area contributed by atoms with Gasteiger partial charge in [0, 0.05) is 17.3 Å². The Kier molecular flexibility index (Phi) is 2.87. The molecule has 0 amide bonds. The van der Waals surface area contributed by atoms with Crippen LogP contribution in [0.15, 0.2) is 36.4 Å². The number of benzene rings is 2. The first kappa shape index (κ1) is 11.6. The molecule has 0 aliphatic carbocycles. The van der Waals surface area contributed by atoms with Crippen molar-refractivity contribution < 1.29 is 18.6 Å². The van der Waals surface area contributed by atoms with E-state index < -0.39 is 0 Å². The minimum Gasteiger partial charge on any atom is -0.489 e. The van der Waals surface area contributed by atoms with E-state index in [1.165, 1.54) is 18.2 Å². The lowest BCUT2D eigenvalue weighted by molar-refractivity contribution is 0.173. The molecule has 2 aromatic carbocycles. The summed E-state index contributed by atoms with van der Waals surface area (Å²) in [6, 6.07) is 9.48. The van der Waals surface area contributed by atoms with Crippen molar-refractivity contribution in [2.24, 2.45) is 0 Å². The molecule has 3 rings (SSSR count). The van der Waals surface area contributed by atoms with Crippen molar-refractivity contribution >= 4 is 5.69 Å². The van der Waals surface area contributed by atoms with Gasteiger partial charge in [0.25, 0.3) is 0 Å². The van der Waals surface area contributed by atoms with Gasteiger partial charge in [0.15, 0.2) is 11.5 Å². The van der Waals surface area contributed by atoms with Gasteiger partial charge in [-0.2, -0.15) is 0 Å². The number of rotatable bonds is 3. The van der Waals surface area contributed by atoms with Gasteiger partial charge >= 0.3 is 0 Å². The molecule has 0 atom stereocenters. The van der Waals surface area contributed by atoms with Crippen LogP contribution in [-0.4, -0.2) is 6.79 Å². The molecular weight excluding hydrogens is 249 g/mol. The van der Waals surface area contributed by atoms with Crippen LogP contribution in [0.4, 0.5) is 10.1 Å². The molecule has 2 aromatic rings. The zero-order valence-corrected chi connectivity index (χ0v) is 10.1. The second kappa shape index (κ2) is 4.68. The van der Waals surface area contributed by atoms with Crippen LogP contribution in [-0.2, 0) is 6.61 Å². The first-order valence-electron chi connectivity index (χ1n) is 5.79. The van der Waals surface area contributed by atoms with Crippen LogP contribution < -0.4 is 19.9 Å². The summed E-state index contributed by atoms with van der Waals surface area (Å²) in [5.74, 6) is 1.62. The highest BCUT2D eigenvalue weighted by atomic mass is 19.1. The first-order chi connectivity index (χ1) is 9.22. The molecule has 0 spiro atoms. The fourth-order valence-electron chi connectivity index (χ4n) is 1.83. The van der Waals surface area contributed by atoms with Crippen molar-refractivity contribution in [3.05, 3.63) is 47.8 Å². The minimum absolute atomic E-state index is 0.198. The standard InChI is InChI=1S/C14H12FNO3/c15-10-1-3-12(16)9(5-10)7-17-11-2-4-13-14(6-11)19-8-18-13/h1-6H,7-8,16H2. The molecule has 0 bridgehead atoms. The maximum atomic E-state index is 13.1. The maximum Gasteiger partial charge on any atom is 0.231 e. The summed E-state index contributed by atoms with van der Waals surface area (Å²) in [4.78, 5) is 0. The van der Waals surface area contributed by atoms with E-state index in [4.69, 9.17) is 19.9 Å². The maximum absolute atomic E-state index is 13.1. The van der Waals surface area contributed by atoms with Gasteiger partial charge in [-0.1, -0.05) is 0 Å². The molecule has 5 heteroatoms. The van der Waals surface area contributed by atoms with Crippen molar-refractivity contribution in [1.29, 1.82) is 0 Å². The third kappa shape index (κ3) is 2.40. The van der Waals surface area contributed by atoms with Gasteiger partial charge in [0.2, 0.25) is 6.79 Å². The summed E-state index contributed by atoms with van der Waals surface area (Å²) in [6.07, 6.45) is 0. The minimum atomic E-state index is -0.335. The van der Waals surface area contributed by atoms with E-state index in [2.05, 4.69) is 0 Å². The summed E-state index contributed by atoms with van der Waals surface area (Å²) in [6.45, 7) is 0.416. The summed E-state index contributed by atoms with van der Waals surface area (Å²) < 4.78 is 29.1. The second-order valence-corrected chi connectivity index (χ2v) is 4.15. The fraction of sp³-hybridized carbons (Fsp3) is 0.143. The molecule has 0 radical (unpaired) electrons. The molecule has 0 unspecified atom stereocenters. The number of hydrogen-bond acceptors (Lipinski definition) is 4. The van der Waals surface area contributed by atoms with E-state index in [9.17, 15) is 4.39 Å². The van der Waals surface area contributed by atoms with E-state index in [-0.39, 0.29) is 19.2 Å². The lowest BCUT2D eigenvalue weighted by Gasteiger charge is -2.09. The molecule has 1 aliphatic rings. The summed E-state index contributed by atoms with van der Waals surface area (Å²) >= 11 is 0. The Hall–Kier alpha value is -2.43. The van der Waals surface area contributed by atoms with E-state index in [0.717, 1.165) is 0 Å². The average molecular weight is 261 g/mol. The number of halogens is 1. The Bertz CT molecular complexity index is 616. The van der Waals surface area contributed by atoms with Gasteiger partial charge in [-0.3, -0.25) is 0 Å². The summed E-state index contributed by atoms with van der Waals surface area (Å²) in [5, 5.41) is 0. The monoisotopic (exact) mass is 261 g/mol. The van der Waals surface area contributed by atoms with Crippen LogP contribution in [0.25, 0.3) is 0 Å². The van der Waals surface area contributed by atoms with Gasteiger partial charge < -0.3 is 19.9 Å². The topological polar surface area (TPSA) is 53.7 Å². The van der Waals surface area contributed by atoms with Crippen molar-refractivity contribution in [3.8, 4) is 17.2 Å². The molecule has 19 heavy (non-hydrogen) atoms. The number of anilines is 1. The number of ether oxygens (including phenoxy) is 3. The van der Waals surface area contributed by atoms with Crippen LogP contribution in [0.3, 0.4) is 0 Å². The molecule has 0 aromatic heterocycles. The van der Waals surface area contributed by atoms with Crippen molar-refractivity contribution in [2.45, 2.75) is 6.61 Å². The molecule has 98 valence electrons. The SMILES string of the molecule is Nc1ccc(F)cc1COc1ccc2c(c1)OCO2. The Labute approximate surface area is 109 Å². The highest BCUT2D eigenvalue weighted by Crippen LogP contribution is 2.35. The molecule has 1 heterocycles. The lowest BCUT2D eigenvalue weighted by Crippen LogP contribution is -2.00. The van der Waals surface area contributed by atoms with Gasteiger partial charge in [0.1, 0.15) is 18.2 Å². The van der Waals surface area contributed by atoms with Crippen LogP contribution in [0.2, 0.25) is 0 Å². The Morgan fingerprint density at radius 3 is 2.84 bits per heavy atom. The summed E-state index contributed by atoms with van der Waals surface area (Å²) in [7, 11) is 0. The predicted molar refractivity (Wildman–Crippen MR) is 67.7 cm³/mol. The van der Waals surface area contributed by atoms with E-state index in [1.54, 1.807) is 18.2 Å². The molecular formula is C14H12FNO3. The van der Waals surface area contributed by atoms with Crippen molar-refractivity contribution in [3.63, 3.8) is 0 Å². The molecule has 4 nitrogen and oxygen atoms in total.